The van der Waals surface area contributed by atoms with Gasteiger partial charge in [0.15, 0.2) is 5.82 Å². The second kappa shape index (κ2) is 5.43. The van der Waals surface area contributed by atoms with Gasteiger partial charge in [-0.1, -0.05) is 19.9 Å². The molecule has 116 valence electrons. The van der Waals surface area contributed by atoms with E-state index >= 15 is 0 Å². The molecule has 2 rings (SSSR count). The van der Waals surface area contributed by atoms with Crippen LogP contribution < -0.4 is 10.5 Å². The molecule has 2 aromatic rings. The smallest absolute Gasteiger partial charge is 0.246 e. The Morgan fingerprint density at radius 3 is 2.62 bits per heavy atom. The average molecular weight is 328 g/mol. The van der Waals surface area contributed by atoms with E-state index in [9.17, 15) is 8.42 Å². The van der Waals surface area contributed by atoms with Gasteiger partial charge < -0.3 is 5.73 Å². The Morgan fingerprint density at radius 1 is 1.48 bits per heavy atom. The minimum absolute atomic E-state index is 0.0245. The molecular formula is C13H20N4O2S2. The molecule has 0 aliphatic carbocycles. The molecule has 6 nitrogen and oxygen atoms in total. The van der Waals surface area contributed by atoms with Gasteiger partial charge in [-0.05, 0) is 18.4 Å². The molecule has 0 amide bonds. The van der Waals surface area contributed by atoms with E-state index in [-0.39, 0.29) is 16.1 Å². The van der Waals surface area contributed by atoms with Crippen molar-refractivity contribution in [1.82, 2.24) is 14.5 Å². The molecule has 0 radical (unpaired) electrons. The van der Waals surface area contributed by atoms with Gasteiger partial charge in [-0.25, -0.2) is 13.1 Å². The van der Waals surface area contributed by atoms with E-state index in [1.165, 1.54) is 4.68 Å². The molecule has 8 heteroatoms. The van der Waals surface area contributed by atoms with Gasteiger partial charge in [0.25, 0.3) is 0 Å². The quantitative estimate of drug-likeness (QED) is 0.873. The number of hydrogen-bond acceptors (Lipinski definition) is 5. The Bertz CT molecular complexity index is 731. The van der Waals surface area contributed by atoms with Crippen LogP contribution in [-0.2, 0) is 22.5 Å². The fourth-order valence-electron chi connectivity index (χ4n) is 2.04. The molecule has 0 aromatic carbocycles. The summed E-state index contributed by atoms with van der Waals surface area (Å²) < 4.78 is 29.0. The molecule has 0 spiro atoms. The minimum Gasteiger partial charge on any atom is -0.381 e. The van der Waals surface area contributed by atoms with Crippen LogP contribution in [0, 0.1) is 6.92 Å². The summed E-state index contributed by atoms with van der Waals surface area (Å²) in [4.78, 5) is 1.19. The number of aryl methyl sites for hydroxylation is 1. The first-order valence-corrected chi connectivity index (χ1v) is 8.84. The lowest BCUT2D eigenvalue weighted by molar-refractivity contribution is 0.509. The largest absolute Gasteiger partial charge is 0.381 e. The van der Waals surface area contributed by atoms with E-state index < -0.39 is 10.0 Å². The number of sulfonamides is 1. The summed E-state index contributed by atoms with van der Waals surface area (Å²) in [6.07, 6.45) is 0. The van der Waals surface area contributed by atoms with E-state index in [1.807, 2.05) is 31.4 Å². The Morgan fingerprint density at radius 2 is 2.14 bits per heavy atom. The number of nitrogens with zero attached hydrogens (tertiary/aromatic N) is 2. The number of rotatable bonds is 5. The van der Waals surface area contributed by atoms with Gasteiger partial charge in [0.1, 0.15) is 4.90 Å². The zero-order chi connectivity index (χ0) is 15.8. The minimum atomic E-state index is -3.68. The van der Waals surface area contributed by atoms with Gasteiger partial charge >= 0.3 is 0 Å². The first-order chi connectivity index (χ1) is 9.65. The maximum absolute atomic E-state index is 12.5. The average Bonchev–Trinajstić information content (AvgIpc) is 2.98. The molecule has 21 heavy (non-hydrogen) atoms. The van der Waals surface area contributed by atoms with Crippen molar-refractivity contribution in [3.8, 4) is 0 Å². The van der Waals surface area contributed by atoms with Crippen LogP contribution in [0.2, 0.25) is 0 Å². The lowest BCUT2D eigenvalue weighted by Gasteiger charge is -2.23. The van der Waals surface area contributed by atoms with Crippen LogP contribution in [0.15, 0.2) is 22.4 Å². The number of hydrogen-bond donors (Lipinski definition) is 2. The molecule has 2 heterocycles. The van der Waals surface area contributed by atoms with Crippen molar-refractivity contribution in [3.63, 3.8) is 0 Å². The van der Waals surface area contributed by atoms with E-state index in [1.54, 1.807) is 25.3 Å². The third-order valence-electron chi connectivity index (χ3n) is 3.47. The lowest BCUT2D eigenvalue weighted by Crippen LogP contribution is -2.36. The fourth-order valence-corrected chi connectivity index (χ4v) is 4.43. The zero-order valence-electron chi connectivity index (χ0n) is 12.5. The Kier molecular flexibility index (Phi) is 4.14. The molecule has 0 bridgehead atoms. The summed E-state index contributed by atoms with van der Waals surface area (Å²) in [5.74, 6) is 0.0245. The van der Waals surface area contributed by atoms with Gasteiger partial charge in [0.2, 0.25) is 10.0 Å². The number of nitrogens with two attached hydrogens (primary N) is 1. The highest BCUT2D eigenvalue weighted by molar-refractivity contribution is 7.89. The predicted molar refractivity (Wildman–Crippen MR) is 84.9 cm³/mol. The standard InChI is InChI=1S/C13H20N4O2S2/c1-9-11(12(14)16-17(9)4)21(18,19)15-8-13(2,3)10-6-5-7-20-10/h5-7,15H,8H2,1-4H3,(H2,14,16). The van der Waals surface area contributed by atoms with Crippen molar-refractivity contribution in [2.24, 2.45) is 7.05 Å². The highest BCUT2D eigenvalue weighted by Gasteiger charge is 2.28. The van der Waals surface area contributed by atoms with Crippen LogP contribution in [0.25, 0.3) is 0 Å². The highest BCUT2D eigenvalue weighted by Crippen LogP contribution is 2.28. The number of aromatic nitrogens is 2. The Hall–Kier alpha value is -1.38. The van der Waals surface area contributed by atoms with Gasteiger partial charge in [-0.2, -0.15) is 5.10 Å². The molecule has 3 N–H and O–H groups in total. The Balaban J connectivity index is 2.23. The van der Waals surface area contributed by atoms with Crippen LogP contribution in [0.5, 0.6) is 0 Å². The van der Waals surface area contributed by atoms with E-state index in [0.717, 1.165) is 4.88 Å². The molecular weight excluding hydrogens is 308 g/mol. The summed E-state index contributed by atoms with van der Waals surface area (Å²) in [5, 5.41) is 5.93. The molecule has 2 aromatic heterocycles. The van der Waals surface area contributed by atoms with Crippen molar-refractivity contribution >= 4 is 27.2 Å². The third kappa shape index (κ3) is 3.12. The number of nitrogens with one attached hydrogen (secondary N) is 1. The van der Waals surface area contributed by atoms with Gasteiger partial charge in [0.05, 0.1) is 5.69 Å². The molecule has 0 atom stereocenters. The molecule has 0 unspecified atom stereocenters. The van der Waals surface area contributed by atoms with Crippen molar-refractivity contribution in [3.05, 3.63) is 28.1 Å². The van der Waals surface area contributed by atoms with Crippen LogP contribution in [0.1, 0.15) is 24.4 Å². The van der Waals surface area contributed by atoms with E-state index in [0.29, 0.717) is 12.2 Å². The van der Waals surface area contributed by atoms with Crippen LogP contribution >= 0.6 is 11.3 Å². The first-order valence-electron chi connectivity index (χ1n) is 6.48. The van der Waals surface area contributed by atoms with Crippen LogP contribution in [0.3, 0.4) is 0 Å². The molecule has 0 aliphatic heterocycles. The molecule has 0 saturated carbocycles. The summed E-state index contributed by atoms with van der Waals surface area (Å²) >= 11 is 1.61. The number of nitrogen functional groups attached to an aromatic ring is 1. The van der Waals surface area contributed by atoms with Gasteiger partial charge in [-0.15, -0.1) is 11.3 Å². The SMILES string of the molecule is Cc1c(S(=O)(=O)NCC(C)(C)c2cccs2)c(N)nn1C. The summed E-state index contributed by atoms with van der Waals surface area (Å²) in [7, 11) is -2.01. The maximum Gasteiger partial charge on any atom is 0.246 e. The summed E-state index contributed by atoms with van der Waals surface area (Å²) in [5.41, 5.74) is 5.95. The van der Waals surface area contributed by atoms with Gasteiger partial charge in [0, 0.05) is 23.9 Å². The molecule has 0 saturated heterocycles. The molecule has 0 fully saturated rings. The van der Waals surface area contributed by atoms with Gasteiger partial charge in [-0.3, -0.25) is 4.68 Å². The topological polar surface area (TPSA) is 90.0 Å². The normalized spacial score (nSPS) is 12.8. The molecule has 0 aliphatic rings. The predicted octanol–water partition coefficient (Wildman–Crippen LogP) is 1.63. The summed E-state index contributed by atoms with van der Waals surface area (Å²) in [6, 6.07) is 3.96. The van der Waals surface area contributed by atoms with E-state index in [4.69, 9.17) is 5.73 Å². The van der Waals surface area contributed by atoms with Crippen molar-refractivity contribution in [2.75, 3.05) is 12.3 Å². The second-order valence-electron chi connectivity index (χ2n) is 5.61. The van der Waals surface area contributed by atoms with Crippen molar-refractivity contribution < 1.29 is 8.42 Å². The number of thiophene rings is 1. The highest BCUT2D eigenvalue weighted by atomic mass is 32.2. The zero-order valence-corrected chi connectivity index (χ0v) is 14.2. The summed E-state index contributed by atoms with van der Waals surface area (Å²) in [6.45, 7) is 5.98. The van der Waals surface area contributed by atoms with Crippen molar-refractivity contribution in [2.45, 2.75) is 31.1 Å². The first kappa shape index (κ1) is 16.0. The Labute approximate surface area is 129 Å². The number of anilines is 1. The van der Waals surface area contributed by atoms with E-state index in [2.05, 4.69) is 9.82 Å². The second-order valence-corrected chi connectivity index (χ2v) is 8.26. The third-order valence-corrected chi connectivity index (χ3v) is 6.27. The maximum atomic E-state index is 12.5. The van der Waals surface area contributed by atoms with Crippen LogP contribution in [-0.4, -0.2) is 24.7 Å². The lowest BCUT2D eigenvalue weighted by atomic mass is 9.92. The fraction of sp³-hybridized carbons (Fsp3) is 0.462. The monoisotopic (exact) mass is 328 g/mol. The van der Waals surface area contributed by atoms with Crippen molar-refractivity contribution in [1.29, 1.82) is 0 Å². The van der Waals surface area contributed by atoms with Crippen LogP contribution in [0.4, 0.5) is 5.82 Å².